The van der Waals surface area contributed by atoms with Gasteiger partial charge in [-0.2, -0.15) is 0 Å². The lowest BCUT2D eigenvalue weighted by molar-refractivity contribution is -0.305. The largest absolute Gasteiger partial charge is 0.738 e. The van der Waals surface area contributed by atoms with E-state index in [1.807, 2.05) is 0 Å². The average Bonchev–Trinajstić information content (AvgIpc) is 2.35. The van der Waals surface area contributed by atoms with Crippen molar-refractivity contribution in [3.63, 3.8) is 0 Å². The van der Waals surface area contributed by atoms with Crippen LogP contribution < -0.4 is 4.74 Å². The molecule has 0 aromatic heterocycles. The Hall–Kier alpha value is -2.00. The summed E-state index contributed by atoms with van der Waals surface area (Å²) in [5.41, 5.74) is -0.117. The molecule has 8 nitrogen and oxygen atoms in total. The Morgan fingerprint density at radius 1 is 1.32 bits per heavy atom. The molecule has 0 aliphatic carbocycles. The zero-order chi connectivity index (χ0) is 14.3. The molecule has 19 heavy (non-hydrogen) atoms. The maximum absolute atomic E-state index is 11.4. The summed E-state index contributed by atoms with van der Waals surface area (Å²) >= 11 is 0. The molecular weight excluding hydrogens is 258 g/mol. The number of carbonyl (C=O) groups excluding carboxylic acids is 1. The second kappa shape index (κ2) is 7.44. The van der Waals surface area contributed by atoms with E-state index in [-0.39, 0.29) is 30.8 Å². The number of para-hydroxylation sites is 1. The van der Waals surface area contributed by atoms with Crippen LogP contribution in [0.4, 0.5) is 0 Å². The molecule has 0 saturated carbocycles. The van der Waals surface area contributed by atoms with Crippen molar-refractivity contribution in [3.05, 3.63) is 35.0 Å². The lowest BCUT2D eigenvalue weighted by Gasteiger charge is -2.17. The van der Waals surface area contributed by atoms with Crippen LogP contribution in [0.3, 0.4) is 0 Å². The molecule has 0 aliphatic heterocycles. The fraction of sp³-hybridized carbons (Fsp3) is 0.273. The molecule has 1 rings (SSSR count). The molecule has 0 fully saturated rings. The Labute approximate surface area is 108 Å². The molecule has 1 aromatic rings. The second-order valence-corrected chi connectivity index (χ2v) is 3.45. The van der Waals surface area contributed by atoms with Gasteiger partial charge in [-0.05, 0) is 18.6 Å². The average molecular weight is 270 g/mol. The fourth-order valence-corrected chi connectivity index (χ4v) is 1.27. The lowest BCUT2D eigenvalue weighted by Crippen LogP contribution is -2.15. The number of benzene rings is 1. The number of carboxylic acids is 1. The van der Waals surface area contributed by atoms with E-state index in [9.17, 15) is 14.8 Å². The summed E-state index contributed by atoms with van der Waals surface area (Å²) in [7, 11) is 0. The number of aromatic carboxylic acids is 1. The van der Waals surface area contributed by atoms with Crippen molar-refractivity contribution in [2.24, 2.45) is 0 Å². The summed E-state index contributed by atoms with van der Waals surface area (Å²) < 4.78 is 4.88. The second-order valence-electron chi connectivity index (χ2n) is 3.45. The zero-order valence-electron chi connectivity index (χ0n) is 9.81. The number of hydrogen-bond donors (Lipinski definition) is 2. The number of nitrogens with zero attached hydrogens (tertiary/aromatic N) is 1. The van der Waals surface area contributed by atoms with E-state index in [4.69, 9.17) is 15.1 Å². The molecule has 0 aliphatic rings. The van der Waals surface area contributed by atoms with Gasteiger partial charge in [0.2, 0.25) is 0 Å². The molecule has 8 heteroatoms. The first kappa shape index (κ1) is 15.1. The summed E-state index contributed by atoms with van der Waals surface area (Å²) in [6.07, 6.45) is 0.0646. The minimum Gasteiger partial charge on any atom is -0.738 e. The van der Waals surface area contributed by atoms with Crippen molar-refractivity contribution in [1.82, 2.24) is 5.39 Å². The van der Waals surface area contributed by atoms with Crippen LogP contribution in [0, 0.1) is 5.21 Å². The molecule has 0 radical (unpaired) electrons. The highest BCUT2D eigenvalue weighted by molar-refractivity contribution is 5.91. The highest BCUT2D eigenvalue weighted by Gasteiger charge is 2.13. The maximum atomic E-state index is 11.4. The molecule has 0 bridgehead atoms. The van der Waals surface area contributed by atoms with Crippen molar-refractivity contribution < 1.29 is 29.5 Å². The monoisotopic (exact) mass is 270 g/mol. The third-order valence-electron chi connectivity index (χ3n) is 2.07. The van der Waals surface area contributed by atoms with Gasteiger partial charge >= 0.3 is 11.9 Å². The van der Waals surface area contributed by atoms with Crippen molar-refractivity contribution in [2.45, 2.75) is 12.8 Å². The van der Waals surface area contributed by atoms with Gasteiger partial charge in [0.15, 0.2) is 0 Å². The summed E-state index contributed by atoms with van der Waals surface area (Å²) in [4.78, 5) is 26.4. The van der Waals surface area contributed by atoms with Crippen molar-refractivity contribution >= 4 is 11.9 Å². The van der Waals surface area contributed by atoms with Crippen LogP contribution in [0.15, 0.2) is 24.3 Å². The zero-order valence-corrected chi connectivity index (χ0v) is 9.81. The van der Waals surface area contributed by atoms with Gasteiger partial charge in [-0.1, -0.05) is 12.1 Å². The van der Waals surface area contributed by atoms with Gasteiger partial charge < -0.3 is 20.3 Å². The quantitative estimate of drug-likeness (QED) is 0.328. The number of carbonyl (C=O) groups is 2. The molecule has 0 spiro atoms. The number of ether oxygens (including phenoxy) is 1. The summed E-state index contributed by atoms with van der Waals surface area (Å²) in [5.74, 6) is -1.91. The third-order valence-corrected chi connectivity index (χ3v) is 2.07. The van der Waals surface area contributed by atoms with E-state index in [2.05, 4.69) is 4.84 Å². The van der Waals surface area contributed by atoms with E-state index in [1.165, 1.54) is 18.2 Å². The molecule has 1 aromatic carbocycles. The van der Waals surface area contributed by atoms with Crippen LogP contribution in [-0.4, -0.2) is 34.2 Å². The van der Waals surface area contributed by atoms with E-state index in [1.54, 1.807) is 6.07 Å². The number of esters is 1. The normalized spacial score (nSPS) is 10.5. The first-order chi connectivity index (χ1) is 9.00. The molecule has 0 heterocycles. The highest BCUT2D eigenvalue weighted by Crippen LogP contribution is 2.18. The molecule has 0 saturated heterocycles. The summed E-state index contributed by atoms with van der Waals surface area (Å²) in [6.45, 7) is -0.157. The van der Waals surface area contributed by atoms with E-state index < -0.39 is 17.3 Å². The highest BCUT2D eigenvalue weighted by atomic mass is 17.1. The first-order valence-electron chi connectivity index (χ1n) is 5.32. The van der Waals surface area contributed by atoms with Crippen LogP contribution in [0.2, 0.25) is 0 Å². The first-order valence-corrected chi connectivity index (χ1v) is 5.32. The summed E-state index contributed by atoms with van der Waals surface area (Å²) in [6, 6.07) is 5.73. The van der Waals surface area contributed by atoms with Gasteiger partial charge in [0.05, 0.1) is 6.61 Å². The number of hydrogen-bond acceptors (Lipinski definition) is 7. The van der Waals surface area contributed by atoms with Gasteiger partial charge in [0.1, 0.15) is 11.3 Å². The van der Waals surface area contributed by atoms with Crippen LogP contribution >= 0.6 is 0 Å². The number of rotatable bonds is 7. The van der Waals surface area contributed by atoms with E-state index in [0.29, 0.717) is 0 Å². The summed E-state index contributed by atoms with van der Waals surface area (Å²) in [5, 5.41) is 26.3. The van der Waals surface area contributed by atoms with Crippen LogP contribution in [0.5, 0.6) is 5.75 Å². The maximum Gasteiger partial charge on any atom is 0.339 e. The molecule has 0 amide bonds. The Morgan fingerprint density at radius 2 is 2.00 bits per heavy atom. The van der Waals surface area contributed by atoms with Crippen molar-refractivity contribution in [1.29, 1.82) is 0 Å². The predicted molar refractivity (Wildman–Crippen MR) is 61.2 cm³/mol. The predicted octanol–water partition coefficient (Wildman–Crippen LogP) is 1.19. The van der Waals surface area contributed by atoms with Crippen LogP contribution in [0.1, 0.15) is 23.2 Å². The minimum atomic E-state index is -1.20. The van der Waals surface area contributed by atoms with Gasteiger partial charge in [-0.25, -0.2) is 4.79 Å². The van der Waals surface area contributed by atoms with Gasteiger partial charge in [0.25, 0.3) is 0 Å². The van der Waals surface area contributed by atoms with Gasteiger partial charge in [-0.15, -0.1) is 5.39 Å². The van der Waals surface area contributed by atoms with Crippen LogP contribution in [0.25, 0.3) is 0 Å². The standard InChI is InChI=1S/C11H12NO7/c13-10(6-3-7-18-12(16)17)19-9-5-2-1-4-8(9)11(14)15/h1-2,4-5,16H,3,6-7H2,(H,14,15)/q-1. The molecule has 104 valence electrons. The Bertz CT molecular complexity index is 446. The molecule has 0 unspecified atom stereocenters. The van der Waals surface area contributed by atoms with Crippen LogP contribution in [-0.2, 0) is 9.63 Å². The van der Waals surface area contributed by atoms with E-state index >= 15 is 0 Å². The topological polar surface area (TPSA) is 119 Å². The Morgan fingerprint density at radius 3 is 2.63 bits per heavy atom. The fourth-order valence-electron chi connectivity index (χ4n) is 1.27. The Kier molecular flexibility index (Phi) is 5.90. The Balaban J connectivity index is 2.46. The molecule has 2 N–H and O–H groups in total. The molecule has 0 atom stereocenters. The van der Waals surface area contributed by atoms with Crippen molar-refractivity contribution in [2.75, 3.05) is 6.61 Å². The smallest absolute Gasteiger partial charge is 0.339 e. The molecular formula is C11H12NO7-. The van der Waals surface area contributed by atoms with Crippen molar-refractivity contribution in [3.8, 4) is 5.75 Å². The third kappa shape index (κ3) is 5.44. The lowest BCUT2D eigenvalue weighted by atomic mass is 10.2. The SMILES string of the molecule is O=C(CCCON([O-])O)Oc1ccccc1C(=O)O. The minimum absolute atomic E-state index is 0.0477. The van der Waals surface area contributed by atoms with Gasteiger partial charge in [0, 0.05) is 6.42 Å². The van der Waals surface area contributed by atoms with Gasteiger partial charge in [-0.3, -0.25) is 9.63 Å². The van der Waals surface area contributed by atoms with E-state index in [0.717, 1.165) is 0 Å². The number of carboxylic acid groups (broad SMARTS) is 1.